The highest BCUT2D eigenvalue weighted by Crippen LogP contribution is 2.45. The minimum absolute atomic E-state index is 0.0610. The number of amides is 1. The monoisotopic (exact) mass is 377 g/mol. The van der Waals surface area contributed by atoms with E-state index in [1.54, 1.807) is 24.3 Å². The van der Waals surface area contributed by atoms with E-state index in [-0.39, 0.29) is 17.4 Å². The van der Waals surface area contributed by atoms with Crippen molar-refractivity contribution in [1.82, 2.24) is 0 Å². The molecule has 1 unspecified atom stereocenters. The van der Waals surface area contributed by atoms with Gasteiger partial charge in [-0.05, 0) is 48.6 Å². The quantitative estimate of drug-likeness (QED) is 0.666. The highest BCUT2D eigenvalue weighted by molar-refractivity contribution is 7.16. The maximum atomic E-state index is 12.5. The van der Waals surface area contributed by atoms with Crippen molar-refractivity contribution in [2.75, 3.05) is 5.32 Å². The molecule has 5 heteroatoms. The standard InChI is InChI=1S/C22H19NO3S/c1-13-18(17-12-11-14-7-5-6-10-16(14)17)19(22(25)26)21(27-13)23-20(24)15-8-3-2-4-9-15/h2-10,17H,11-12H2,1H3,(H,23,24)(H,25,26). The second-order valence-electron chi connectivity index (χ2n) is 6.69. The Balaban J connectivity index is 1.74. The number of hydrogen-bond acceptors (Lipinski definition) is 3. The summed E-state index contributed by atoms with van der Waals surface area (Å²) in [5.41, 5.74) is 4.04. The summed E-state index contributed by atoms with van der Waals surface area (Å²) in [5.74, 6) is -1.23. The number of anilines is 1. The van der Waals surface area contributed by atoms with Crippen LogP contribution in [-0.4, -0.2) is 17.0 Å². The summed E-state index contributed by atoms with van der Waals surface area (Å²) in [4.78, 5) is 25.6. The number of carbonyl (C=O) groups excluding carboxylic acids is 1. The van der Waals surface area contributed by atoms with Gasteiger partial charge in [0, 0.05) is 16.4 Å². The predicted octanol–water partition coefficient (Wildman–Crippen LogP) is 5.09. The van der Waals surface area contributed by atoms with Gasteiger partial charge in [0.05, 0.1) is 5.56 Å². The van der Waals surface area contributed by atoms with Crippen molar-refractivity contribution in [3.63, 3.8) is 0 Å². The largest absolute Gasteiger partial charge is 0.478 e. The predicted molar refractivity (Wildman–Crippen MR) is 107 cm³/mol. The third-order valence-corrected chi connectivity index (χ3v) is 6.13. The molecule has 1 amide bonds. The van der Waals surface area contributed by atoms with E-state index >= 15 is 0 Å². The van der Waals surface area contributed by atoms with Crippen LogP contribution < -0.4 is 5.32 Å². The van der Waals surface area contributed by atoms with Crippen molar-refractivity contribution in [2.45, 2.75) is 25.7 Å². The number of benzene rings is 2. The molecule has 0 radical (unpaired) electrons. The lowest BCUT2D eigenvalue weighted by Gasteiger charge is -2.14. The van der Waals surface area contributed by atoms with E-state index in [9.17, 15) is 14.7 Å². The minimum Gasteiger partial charge on any atom is -0.478 e. The molecule has 1 aromatic heterocycles. The molecule has 0 saturated heterocycles. The smallest absolute Gasteiger partial charge is 0.339 e. The molecule has 4 rings (SSSR count). The normalized spacial score (nSPS) is 15.4. The van der Waals surface area contributed by atoms with Crippen LogP contribution in [0.25, 0.3) is 0 Å². The molecular weight excluding hydrogens is 358 g/mol. The fourth-order valence-corrected chi connectivity index (χ4v) is 5.00. The zero-order valence-corrected chi connectivity index (χ0v) is 15.7. The molecule has 0 spiro atoms. The van der Waals surface area contributed by atoms with Crippen LogP contribution in [0.2, 0.25) is 0 Å². The Kier molecular flexibility index (Phi) is 4.54. The van der Waals surface area contributed by atoms with Gasteiger partial charge in [0.25, 0.3) is 5.91 Å². The number of thiophene rings is 1. The van der Waals surface area contributed by atoms with Gasteiger partial charge in [0.1, 0.15) is 5.00 Å². The lowest BCUT2D eigenvalue weighted by Crippen LogP contribution is -2.14. The number of nitrogens with one attached hydrogen (secondary N) is 1. The van der Waals surface area contributed by atoms with Crippen LogP contribution in [-0.2, 0) is 6.42 Å². The van der Waals surface area contributed by atoms with Crippen LogP contribution in [0.4, 0.5) is 5.00 Å². The number of carboxylic acids is 1. The molecular formula is C22H19NO3S. The Morgan fingerprint density at radius 1 is 1.07 bits per heavy atom. The average molecular weight is 377 g/mol. The molecule has 2 N–H and O–H groups in total. The summed E-state index contributed by atoms with van der Waals surface area (Å²) in [6.07, 6.45) is 1.84. The van der Waals surface area contributed by atoms with Crippen molar-refractivity contribution in [3.8, 4) is 0 Å². The van der Waals surface area contributed by atoms with Crippen LogP contribution in [0, 0.1) is 6.92 Å². The first kappa shape index (κ1) is 17.5. The van der Waals surface area contributed by atoms with Crippen LogP contribution >= 0.6 is 11.3 Å². The van der Waals surface area contributed by atoms with E-state index < -0.39 is 5.97 Å². The Labute approximate surface area is 161 Å². The van der Waals surface area contributed by atoms with Gasteiger partial charge in [-0.2, -0.15) is 0 Å². The summed E-state index contributed by atoms with van der Waals surface area (Å²) in [6, 6.07) is 17.0. The van der Waals surface area contributed by atoms with E-state index in [1.165, 1.54) is 22.5 Å². The molecule has 2 aromatic carbocycles. The third-order valence-electron chi connectivity index (χ3n) is 5.09. The zero-order chi connectivity index (χ0) is 19.0. The molecule has 0 fully saturated rings. The van der Waals surface area contributed by atoms with E-state index in [1.807, 2.05) is 25.1 Å². The lowest BCUT2D eigenvalue weighted by molar-refractivity contribution is 0.0697. The SMILES string of the molecule is Cc1sc(NC(=O)c2ccccc2)c(C(=O)O)c1C1CCc2ccccc21. The van der Waals surface area contributed by atoms with Gasteiger partial charge in [-0.15, -0.1) is 11.3 Å². The van der Waals surface area contributed by atoms with E-state index in [0.717, 1.165) is 23.3 Å². The second-order valence-corrected chi connectivity index (χ2v) is 7.92. The minimum atomic E-state index is -0.998. The number of rotatable bonds is 4. The number of aromatic carboxylic acids is 1. The fraction of sp³-hybridized carbons (Fsp3) is 0.182. The molecule has 0 aliphatic heterocycles. The van der Waals surface area contributed by atoms with Gasteiger partial charge < -0.3 is 10.4 Å². The topological polar surface area (TPSA) is 66.4 Å². The second kappa shape index (κ2) is 7.00. The van der Waals surface area contributed by atoms with Crippen LogP contribution in [0.3, 0.4) is 0 Å². The molecule has 27 heavy (non-hydrogen) atoms. The van der Waals surface area contributed by atoms with Crippen molar-refractivity contribution < 1.29 is 14.7 Å². The first-order valence-corrected chi connectivity index (χ1v) is 9.68. The van der Waals surface area contributed by atoms with Crippen LogP contribution in [0.1, 0.15) is 54.6 Å². The van der Waals surface area contributed by atoms with Gasteiger partial charge in [0.15, 0.2) is 0 Å². The first-order chi connectivity index (χ1) is 13.1. The Morgan fingerprint density at radius 3 is 2.52 bits per heavy atom. The molecule has 0 saturated carbocycles. The van der Waals surface area contributed by atoms with Gasteiger partial charge in [-0.3, -0.25) is 4.79 Å². The molecule has 1 heterocycles. The van der Waals surface area contributed by atoms with E-state index in [2.05, 4.69) is 17.4 Å². The summed E-state index contributed by atoms with van der Waals surface area (Å²) in [7, 11) is 0. The molecule has 4 nitrogen and oxygen atoms in total. The number of aryl methyl sites for hydroxylation is 2. The zero-order valence-electron chi connectivity index (χ0n) is 14.9. The molecule has 1 aliphatic rings. The molecule has 0 bridgehead atoms. The van der Waals surface area contributed by atoms with Crippen LogP contribution in [0.15, 0.2) is 54.6 Å². The van der Waals surface area contributed by atoms with Crippen molar-refractivity contribution >= 4 is 28.2 Å². The molecule has 136 valence electrons. The molecule has 1 atom stereocenters. The van der Waals surface area contributed by atoms with Crippen LogP contribution in [0.5, 0.6) is 0 Å². The number of hydrogen-bond donors (Lipinski definition) is 2. The Morgan fingerprint density at radius 2 is 1.78 bits per heavy atom. The highest BCUT2D eigenvalue weighted by atomic mass is 32.1. The maximum Gasteiger partial charge on any atom is 0.339 e. The van der Waals surface area contributed by atoms with Gasteiger partial charge >= 0.3 is 5.97 Å². The van der Waals surface area contributed by atoms with E-state index in [4.69, 9.17) is 0 Å². The van der Waals surface area contributed by atoms with E-state index in [0.29, 0.717) is 10.6 Å². The number of fused-ring (bicyclic) bond motifs is 1. The lowest BCUT2D eigenvalue weighted by atomic mass is 9.90. The fourth-order valence-electron chi connectivity index (χ4n) is 3.90. The number of carbonyl (C=O) groups is 2. The first-order valence-electron chi connectivity index (χ1n) is 8.87. The summed E-state index contributed by atoms with van der Waals surface area (Å²) >= 11 is 1.34. The molecule has 1 aliphatic carbocycles. The summed E-state index contributed by atoms with van der Waals surface area (Å²) < 4.78 is 0. The van der Waals surface area contributed by atoms with Gasteiger partial charge in [-0.25, -0.2) is 4.79 Å². The van der Waals surface area contributed by atoms with Crippen molar-refractivity contribution in [1.29, 1.82) is 0 Å². The Bertz CT molecular complexity index is 1020. The third kappa shape index (κ3) is 3.15. The summed E-state index contributed by atoms with van der Waals surface area (Å²) in [6.45, 7) is 1.94. The maximum absolute atomic E-state index is 12.5. The molecule has 3 aromatic rings. The van der Waals surface area contributed by atoms with Gasteiger partial charge in [0.2, 0.25) is 0 Å². The summed E-state index contributed by atoms with van der Waals surface area (Å²) in [5, 5.41) is 13.1. The number of carboxylic acid groups (broad SMARTS) is 1. The van der Waals surface area contributed by atoms with Gasteiger partial charge in [-0.1, -0.05) is 42.5 Å². The van der Waals surface area contributed by atoms with Crippen molar-refractivity contribution in [2.24, 2.45) is 0 Å². The highest BCUT2D eigenvalue weighted by Gasteiger charge is 2.32. The average Bonchev–Trinajstić information content (AvgIpc) is 3.22. The Hall–Kier alpha value is -2.92. The van der Waals surface area contributed by atoms with Crippen molar-refractivity contribution in [3.05, 3.63) is 87.3 Å².